The first-order valence-electron chi connectivity index (χ1n) is 6.84. The molecule has 1 aliphatic rings. The Bertz CT molecular complexity index is 626. The molecular formula is C15H17N3O3. The highest BCUT2D eigenvalue weighted by Gasteiger charge is 2.30. The molecule has 1 aromatic heterocycles. The van der Waals surface area contributed by atoms with Gasteiger partial charge in [0.15, 0.2) is 5.69 Å². The van der Waals surface area contributed by atoms with Gasteiger partial charge in [0.2, 0.25) is 0 Å². The molecule has 2 aromatic rings. The SMILES string of the molecule is CN1CCN(c2nc(C(=O)O)co2)C(c2ccccc2)C1. The Labute approximate surface area is 122 Å². The average Bonchev–Trinajstić information content (AvgIpc) is 2.98. The minimum Gasteiger partial charge on any atom is -0.476 e. The molecule has 1 saturated heterocycles. The number of nitrogens with zero attached hydrogens (tertiary/aromatic N) is 3. The van der Waals surface area contributed by atoms with Crippen molar-refractivity contribution in [1.82, 2.24) is 9.88 Å². The van der Waals surface area contributed by atoms with Crippen LogP contribution >= 0.6 is 0 Å². The maximum atomic E-state index is 11.0. The number of aromatic nitrogens is 1. The predicted molar refractivity (Wildman–Crippen MR) is 77.5 cm³/mol. The number of carboxylic acid groups (broad SMARTS) is 1. The van der Waals surface area contributed by atoms with Crippen LogP contribution in [0.4, 0.5) is 6.01 Å². The van der Waals surface area contributed by atoms with E-state index in [9.17, 15) is 4.79 Å². The Balaban J connectivity index is 1.92. The molecule has 21 heavy (non-hydrogen) atoms. The zero-order chi connectivity index (χ0) is 14.8. The monoisotopic (exact) mass is 287 g/mol. The molecule has 1 N–H and O–H groups in total. The third kappa shape index (κ3) is 2.75. The number of oxazole rings is 1. The Morgan fingerprint density at radius 2 is 2.10 bits per heavy atom. The number of carboxylic acids is 1. The van der Waals surface area contributed by atoms with Gasteiger partial charge in [-0.3, -0.25) is 0 Å². The first-order chi connectivity index (χ1) is 10.1. The van der Waals surface area contributed by atoms with Gasteiger partial charge in [0, 0.05) is 19.6 Å². The fourth-order valence-corrected chi connectivity index (χ4v) is 2.60. The predicted octanol–water partition coefficient (Wildman–Crippen LogP) is 1.87. The van der Waals surface area contributed by atoms with Crippen molar-refractivity contribution < 1.29 is 14.3 Å². The Morgan fingerprint density at radius 1 is 1.33 bits per heavy atom. The molecule has 6 heteroatoms. The van der Waals surface area contributed by atoms with E-state index < -0.39 is 5.97 Å². The van der Waals surface area contributed by atoms with E-state index in [1.807, 2.05) is 23.1 Å². The largest absolute Gasteiger partial charge is 0.476 e. The average molecular weight is 287 g/mol. The van der Waals surface area contributed by atoms with Gasteiger partial charge in [0.25, 0.3) is 6.01 Å². The topological polar surface area (TPSA) is 69.8 Å². The van der Waals surface area contributed by atoms with Crippen molar-refractivity contribution in [2.24, 2.45) is 0 Å². The third-order valence-electron chi connectivity index (χ3n) is 3.72. The van der Waals surface area contributed by atoms with Gasteiger partial charge in [-0.1, -0.05) is 30.3 Å². The van der Waals surface area contributed by atoms with Crippen molar-refractivity contribution >= 4 is 12.0 Å². The van der Waals surface area contributed by atoms with E-state index >= 15 is 0 Å². The van der Waals surface area contributed by atoms with E-state index in [0.717, 1.165) is 19.6 Å². The van der Waals surface area contributed by atoms with Crippen LogP contribution in [0.1, 0.15) is 22.1 Å². The van der Waals surface area contributed by atoms with Crippen LogP contribution in [0.15, 0.2) is 41.0 Å². The molecule has 0 spiro atoms. The normalized spacial score (nSPS) is 19.7. The standard InChI is InChI=1S/C15H17N3O3/c1-17-7-8-18(15-16-12(10-21-15)14(19)20)13(9-17)11-5-3-2-4-6-11/h2-6,10,13H,7-9H2,1H3,(H,19,20). The molecule has 2 heterocycles. The number of anilines is 1. The number of rotatable bonds is 3. The number of carbonyl (C=O) groups is 1. The van der Waals surface area contributed by atoms with Gasteiger partial charge in [0.1, 0.15) is 6.26 Å². The summed E-state index contributed by atoms with van der Waals surface area (Å²) < 4.78 is 5.37. The lowest BCUT2D eigenvalue weighted by Crippen LogP contribution is -2.47. The number of aromatic carboxylic acids is 1. The van der Waals surface area contributed by atoms with Crippen LogP contribution in [0.3, 0.4) is 0 Å². The van der Waals surface area contributed by atoms with Gasteiger partial charge >= 0.3 is 5.97 Å². The number of likely N-dealkylation sites (N-methyl/N-ethyl adjacent to an activating group) is 1. The van der Waals surface area contributed by atoms with E-state index in [1.165, 1.54) is 11.8 Å². The molecule has 1 aromatic carbocycles. The summed E-state index contributed by atoms with van der Waals surface area (Å²) in [5, 5.41) is 8.97. The third-order valence-corrected chi connectivity index (χ3v) is 3.72. The van der Waals surface area contributed by atoms with Gasteiger partial charge in [0.05, 0.1) is 6.04 Å². The van der Waals surface area contributed by atoms with Crippen LogP contribution in [0.2, 0.25) is 0 Å². The molecule has 1 atom stereocenters. The van der Waals surface area contributed by atoms with Crippen molar-refractivity contribution in [2.45, 2.75) is 6.04 Å². The lowest BCUT2D eigenvalue weighted by molar-refractivity contribution is 0.0690. The van der Waals surface area contributed by atoms with Crippen LogP contribution < -0.4 is 4.90 Å². The van der Waals surface area contributed by atoms with Gasteiger partial charge in [-0.05, 0) is 12.6 Å². The van der Waals surface area contributed by atoms with E-state index in [1.54, 1.807) is 0 Å². The number of hydrogen-bond acceptors (Lipinski definition) is 5. The Kier molecular flexibility index (Phi) is 3.62. The molecule has 1 aliphatic heterocycles. The molecule has 1 unspecified atom stereocenters. The van der Waals surface area contributed by atoms with Crippen molar-refractivity contribution in [2.75, 3.05) is 31.6 Å². The molecule has 0 aliphatic carbocycles. The summed E-state index contributed by atoms with van der Waals surface area (Å²) in [5.41, 5.74) is 1.11. The number of piperazine rings is 1. The van der Waals surface area contributed by atoms with Gasteiger partial charge in [-0.2, -0.15) is 4.98 Å². The molecule has 3 rings (SSSR count). The minimum atomic E-state index is -1.07. The number of benzene rings is 1. The lowest BCUT2D eigenvalue weighted by Gasteiger charge is -2.39. The van der Waals surface area contributed by atoms with Gasteiger partial charge in [-0.15, -0.1) is 0 Å². The molecule has 1 fully saturated rings. The fourth-order valence-electron chi connectivity index (χ4n) is 2.60. The summed E-state index contributed by atoms with van der Waals surface area (Å²) in [7, 11) is 2.07. The van der Waals surface area contributed by atoms with E-state index in [2.05, 4.69) is 29.1 Å². The second-order valence-electron chi connectivity index (χ2n) is 5.20. The quantitative estimate of drug-likeness (QED) is 0.929. The van der Waals surface area contributed by atoms with Crippen LogP contribution in [-0.2, 0) is 0 Å². The lowest BCUT2D eigenvalue weighted by atomic mass is 10.0. The zero-order valence-corrected chi connectivity index (χ0v) is 11.8. The highest BCUT2D eigenvalue weighted by Crippen LogP contribution is 2.29. The van der Waals surface area contributed by atoms with Gasteiger partial charge in [-0.25, -0.2) is 4.79 Å². The van der Waals surface area contributed by atoms with Crippen LogP contribution in [0, 0.1) is 0 Å². The maximum absolute atomic E-state index is 11.0. The smallest absolute Gasteiger partial charge is 0.357 e. The number of hydrogen-bond donors (Lipinski definition) is 1. The maximum Gasteiger partial charge on any atom is 0.357 e. The first kappa shape index (κ1) is 13.6. The van der Waals surface area contributed by atoms with E-state index in [4.69, 9.17) is 9.52 Å². The molecule has 0 radical (unpaired) electrons. The van der Waals surface area contributed by atoms with Crippen LogP contribution in [-0.4, -0.2) is 47.6 Å². The molecule has 6 nitrogen and oxygen atoms in total. The highest BCUT2D eigenvalue weighted by molar-refractivity contribution is 5.85. The molecule has 0 bridgehead atoms. The zero-order valence-electron chi connectivity index (χ0n) is 11.8. The highest BCUT2D eigenvalue weighted by atomic mass is 16.4. The summed E-state index contributed by atoms with van der Waals surface area (Å²) >= 11 is 0. The minimum absolute atomic E-state index is 0.0595. The first-order valence-corrected chi connectivity index (χ1v) is 6.84. The fraction of sp³-hybridized carbons (Fsp3) is 0.333. The summed E-state index contributed by atoms with van der Waals surface area (Å²) in [6.45, 7) is 2.47. The molecule has 110 valence electrons. The van der Waals surface area contributed by atoms with Crippen molar-refractivity contribution in [3.05, 3.63) is 47.9 Å². The van der Waals surface area contributed by atoms with Crippen molar-refractivity contribution in [3.8, 4) is 0 Å². The molecule has 0 amide bonds. The molecular weight excluding hydrogens is 270 g/mol. The Morgan fingerprint density at radius 3 is 2.76 bits per heavy atom. The van der Waals surface area contributed by atoms with Crippen LogP contribution in [0.5, 0.6) is 0 Å². The van der Waals surface area contributed by atoms with E-state index in [0.29, 0.717) is 6.01 Å². The summed E-state index contributed by atoms with van der Waals surface area (Å²) in [4.78, 5) is 19.3. The summed E-state index contributed by atoms with van der Waals surface area (Å²) in [6, 6.07) is 10.6. The van der Waals surface area contributed by atoms with Crippen molar-refractivity contribution in [3.63, 3.8) is 0 Å². The van der Waals surface area contributed by atoms with E-state index in [-0.39, 0.29) is 11.7 Å². The van der Waals surface area contributed by atoms with Crippen molar-refractivity contribution in [1.29, 1.82) is 0 Å². The summed E-state index contributed by atoms with van der Waals surface area (Å²) in [6.07, 6.45) is 1.19. The second kappa shape index (κ2) is 5.57. The summed E-state index contributed by atoms with van der Waals surface area (Å²) in [5.74, 6) is -1.07. The molecule has 0 saturated carbocycles. The van der Waals surface area contributed by atoms with Gasteiger partial charge < -0.3 is 19.3 Å². The Hall–Kier alpha value is -2.34. The second-order valence-corrected chi connectivity index (χ2v) is 5.20. The van der Waals surface area contributed by atoms with Crippen LogP contribution in [0.25, 0.3) is 0 Å².